The van der Waals surface area contributed by atoms with Crippen molar-refractivity contribution >= 4 is 10.9 Å². The summed E-state index contributed by atoms with van der Waals surface area (Å²) in [7, 11) is 0. The third-order valence-corrected chi connectivity index (χ3v) is 2.35. The summed E-state index contributed by atoms with van der Waals surface area (Å²) in [5.74, 6) is 0. The van der Waals surface area contributed by atoms with Gasteiger partial charge in [-0.25, -0.2) is 0 Å². The first-order valence-electron chi connectivity index (χ1n) is 5.04. The number of benzene rings is 1. The topological polar surface area (TPSA) is 25.8 Å². The van der Waals surface area contributed by atoms with Crippen LogP contribution in [0.2, 0.25) is 0 Å². The third kappa shape index (κ3) is 1.74. The molecule has 0 aliphatic carbocycles. The number of fused-ring (bicyclic) bond motifs is 1. The first-order chi connectivity index (χ1) is 6.92. The van der Waals surface area contributed by atoms with Gasteiger partial charge < -0.3 is 0 Å². The maximum Gasteiger partial charge on any atom is 0.117 e. The Kier molecular flexibility index (Phi) is 2.73. The van der Waals surface area contributed by atoms with Crippen LogP contribution in [0.3, 0.4) is 0 Å². The predicted molar refractivity (Wildman–Crippen MR) is 57.0 cm³/mol. The summed E-state index contributed by atoms with van der Waals surface area (Å²) in [6.07, 6.45) is 6.42. The molecule has 0 saturated carbocycles. The number of unbranched alkanes of at least 4 members (excludes halogenated alkanes) is 1. The zero-order chi connectivity index (χ0) is 9.80. The number of aromatic nitrogens is 2. The molecular weight excluding hydrogens is 172 g/mol. The number of nitrogens with zero attached hydrogens (tertiary/aromatic N) is 2. The minimum Gasteiger partial charge on any atom is -0.150 e. The van der Waals surface area contributed by atoms with Gasteiger partial charge in [0.25, 0.3) is 0 Å². The van der Waals surface area contributed by atoms with Gasteiger partial charge in [0.1, 0.15) is 6.20 Å². The second-order valence-electron chi connectivity index (χ2n) is 3.41. The van der Waals surface area contributed by atoms with Gasteiger partial charge in [-0.3, -0.25) is 0 Å². The van der Waals surface area contributed by atoms with Crippen LogP contribution < -0.4 is 0 Å². The monoisotopic (exact) mass is 185 g/mol. The lowest BCUT2D eigenvalue weighted by Crippen LogP contribution is -1.92. The van der Waals surface area contributed by atoms with E-state index in [1.54, 1.807) is 0 Å². The van der Waals surface area contributed by atoms with E-state index < -0.39 is 0 Å². The van der Waals surface area contributed by atoms with Crippen LogP contribution in [0.4, 0.5) is 0 Å². The largest absolute Gasteiger partial charge is 0.150 e. The van der Waals surface area contributed by atoms with Gasteiger partial charge in [0.05, 0.1) is 5.52 Å². The van der Waals surface area contributed by atoms with Gasteiger partial charge in [-0.05, 0) is 24.5 Å². The van der Waals surface area contributed by atoms with E-state index in [-0.39, 0.29) is 0 Å². The van der Waals surface area contributed by atoms with Crippen LogP contribution in [-0.4, -0.2) is 10.2 Å². The van der Waals surface area contributed by atoms with Crippen LogP contribution in [0, 0.1) is 6.20 Å². The second-order valence-corrected chi connectivity index (χ2v) is 3.41. The normalized spacial score (nSPS) is 10.6. The van der Waals surface area contributed by atoms with Gasteiger partial charge in [-0.2, -0.15) is 0 Å². The van der Waals surface area contributed by atoms with Gasteiger partial charge in [0.2, 0.25) is 0 Å². The fraction of sp³-hybridized carbons (Fsp3) is 0.333. The zero-order valence-corrected chi connectivity index (χ0v) is 8.33. The SMILES string of the molecule is CCCCc1[c]nnc2ccccc12. The molecule has 0 aliphatic heterocycles. The van der Waals surface area contributed by atoms with Gasteiger partial charge in [-0.15, -0.1) is 10.2 Å². The van der Waals surface area contributed by atoms with E-state index >= 15 is 0 Å². The average Bonchev–Trinajstić information content (AvgIpc) is 2.26. The molecule has 0 saturated heterocycles. The van der Waals surface area contributed by atoms with Crippen LogP contribution in [0.1, 0.15) is 25.3 Å². The van der Waals surface area contributed by atoms with Crippen molar-refractivity contribution < 1.29 is 0 Å². The maximum absolute atomic E-state index is 4.04. The second kappa shape index (κ2) is 4.18. The predicted octanol–water partition coefficient (Wildman–Crippen LogP) is 2.77. The average molecular weight is 185 g/mol. The molecule has 0 fully saturated rings. The van der Waals surface area contributed by atoms with Crippen molar-refractivity contribution in [1.29, 1.82) is 0 Å². The summed E-state index contributed by atoms with van der Waals surface area (Å²) < 4.78 is 0. The molecule has 2 heteroatoms. The van der Waals surface area contributed by atoms with E-state index in [9.17, 15) is 0 Å². The van der Waals surface area contributed by atoms with Crippen molar-refractivity contribution in [3.05, 3.63) is 36.0 Å². The van der Waals surface area contributed by atoms with Crippen molar-refractivity contribution in [2.45, 2.75) is 26.2 Å². The molecule has 0 unspecified atom stereocenters. The molecule has 2 rings (SSSR count). The molecule has 0 amide bonds. The Morgan fingerprint density at radius 2 is 2.14 bits per heavy atom. The lowest BCUT2D eigenvalue weighted by molar-refractivity contribution is 0.792. The third-order valence-electron chi connectivity index (χ3n) is 2.35. The van der Waals surface area contributed by atoms with E-state index in [0.717, 1.165) is 11.9 Å². The molecule has 2 aromatic rings. The number of aryl methyl sites for hydroxylation is 1. The van der Waals surface area contributed by atoms with Crippen LogP contribution in [0.25, 0.3) is 10.9 Å². The standard InChI is InChI=1S/C12H13N2/c1-2-3-6-10-9-13-14-12-8-5-4-7-11(10)12/h4-5,7-8H,2-3,6H2,1H3. The molecular formula is C12H13N2. The zero-order valence-electron chi connectivity index (χ0n) is 8.33. The van der Waals surface area contributed by atoms with Gasteiger partial charge in [0, 0.05) is 5.39 Å². The first-order valence-corrected chi connectivity index (χ1v) is 5.04. The molecule has 0 N–H and O–H groups in total. The maximum atomic E-state index is 4.04. The Bertz CT molecular complexity index is 418. The van der Waals surface area contributed by atoms with Crippen LogP contribution in [0.15, 0.2) is 24.3 Å². The molecule has 0 atom stereocenters. The highest BCUT2D eigenvalue weighted by atomic mass is 15.1. The highest BCUT2D eigenvalue weighted by molar-refractivity contribution is 5.80. The molecule has 1 radical (unpaired) electrons. The molecule has 0 aliphatic rings. The van der Waals surface area contributed by atoms with Gasteiger partial charge in [0.15, 0.2) is 0 Å². The minimum atomic E-state index is 0.970. The van der Waals surface area contributed by atoms with Gasteiger partial charge in [-0.1, -0.05) is 31.5 Å². The van der Waals surface area contributed by atoms with E-state index in [4.69, 9.17) is 0 Å². The molecule has 0 spiro atoms. The number of rotatable bonds is 3. The Morgan fingerprint density at radius 3 is 3.00 bits per heavy atom. The van der Waals surface area contributed by atoms with E-state index in [0.29, 0.717) is 0 Å². The summed E-state index contributed by atoms with van der Waals surface area (Å²) in [5, 5.41) is 9.13. The Balaban J connectivity index is 2.43. The molecule has 14 heavy (non-hydrogen) atoms. The Hall–Kier alpha value is -1.44. The lowest BCUT2D eigenvalue weighted by Gasteiger charge is -2.02. The van der Waals surface area contributed by atoms with E-state index in [1.165, 1.54) is 23.8 Å². The van der Waals surface area contributed by atoms with Crippen molar-refractivity contribution in [3.8, 4) is 0 Å². The molecule has 2 nitrogen and oxygen atoms in total. The summed E-state index contributed by atoms with van der Waals surface area (Å²) in [6.45, 7) is 2.19. The van der Waals surface area contributed by atoms with Crippen LogP contribution >= 0.6 is 0 Å². The highest BCUT2D eigenvalue weighted by Gasteiger charge is 2.01. The summed E-state index contributed by atoms with van der Waals surface area (Å²) >= 11 is 0. The first kappa shape index (κ1) is 9.13. The lowest BCUT2D eigenvalue weighted by atomic mass is 10.1. The summed E-state index contributed by atoms with van der Waals surface area (Å²) in [6, 6.07) is 8.10. The van der Waals surface area contributed by atoms with Crippen molar-refractivity contribution in [1.82, 2.24) is 10.2 Å². The van der Waals surface area contributed by atoms with E-state index in [1.807, 2.05) is 18.2 Å². The molecule has 0 bridgehead atoms. The molecule has 71 valence electrons. The molecule has 1 aromatic carbocycles. The summed E-state index contributed by atoms with van der Waals surface area (Å²) in [5.41, 5.74) is 2.16. The smallest absolute Gasteiger partial charge is 0.117 e. The Labute approximate surface area is 84.0 Å². The highest BCUT2D eigenvalue weighted by Crippen LogP contribution is 2.16. The fourth-order valence-corrected chi connectivity index (χ4v) is 1.56. The van der Waals surface area contributed by atoms with Crippen LogP contribution in [0.5, 0.6) is 0 Å². The minimum absolute atomic E-state index is 0.970. The van der Waals surface area contributed by atoms with Crippen molar-refractivity contribution in [2.24, 2.45) is 0 Å². The number of hydrogen-bond acceptors (Lipinski definition) is 2. The fourth-order valence-electron chi connectivity index (χ4n) is 1.56. The molecule has 1 aromatic heterocycles. The molecule has 1 heterocycles. The van der Waals surface area contributed by atoms with Crippen molar-refractivity contribution in [3.63, 3.8) is 0 Å². The van der Waals surface area contributed by atoms with E-state index in [2.05, 4.69) is 29.4 Å². The van der Waals surface area contributed by atoms with Gasteiger partial charge >= 0.3 is 0 Å². The summed E-state index contributed by atoms with van der Waals surface area (Å²) in [4.78, 5) is 0. The number of hydrogen-bond donors (Lipinski definition) is 0. The quantitative estimate of drug-likeness (QED) is 0.734. The Morgan fingerprint density at radius 1 is 1.29 bits per heavy atom. The van der Waals surface area contributed by atoms with Crippen molar-refractivity contribution in [2.75, 3.05) is 0 Å². The van der Waals surface area contributed by atoms with Crippen LogP contribution in [-0.2, 0) is 6.42 Å².